The maximum Gasteiger partial charge on any atom is 0.329 e. The van der Waals surface area contributed by atoms with Crippen molar-refractivity contribution < 1.29 is 28.9 Å². The summed E-state index contributed by atoms with van der Waals surface area (Å²) in [5, 5.41) is 12.5. The molecule has 166 valence electrons. The summed E-state index contributed by atoms with van der Waals surface area (Å²) in [6.45, 7) is 9.12. The number of esters is 1. The van der Waals surface area contributed by atoms with E-state index in [1.165, 1.54) is 32.4 Å². The SMILES string of the molecule is C=C[C@@H](OC(=O)[C@H](C)NC(=O)c1nccc(OC)c1O)[C@H](Oc1ccccc1)C(C)C. The molecule has 2 aromatic rings. The molecule has 8 nitrogen and oxygen atoms in total. The van der Waals surface area contributed by atoms with Crippen LogP contribution in [0, 0.1) is 5.92 Å². The van der Waals surface area contributed by atoms with Gasteiger partial charge in [-0.05, 0) is 31.1 Å². The molecule has 2 rings (SSSR count). The van der Waals surface area contributed by atoms with Crippen LogP contribution in [0.3, 0.4) is 0 Å². The average molecular weight is 428 g/mol. The first kappa shape index (κ1) is 23.7. The third kappa shape index (κ3) is 6.21. The number of pyridine rings is 1. The lowest BCUT2D eigenvalue weighted by Crippen LogP contribution is -2.44. The molecule has 0 spiro atoms. The topological polar surface area (TPSA) is 107 Å². The van der Waals surface area contributed by atoms with Crippen molar-refractivity contribution in [3.63, 3.8) is 0 Å². The second kappa shape index (κ2) is 11.0. The quantitative estimate of drug-likeness (QED) is 0.442. The fraction of sp³-hybridized carbons (Fsp3) is 0.348. The van der Waals surface area contributed by atoms with Crippen LogP contribution >= 0.6 is 0 Å². The summed E-state index contributed by atoms with van der Waals surface area (Å²) in [4.78, 5) is 28.9. The van der Waals surface area contributed by atoms with Crippen molar-refractivity contribution in [1.29, 1.82) is 0 Å². The molecule has 0 aliphatic rings. The van der Waals surface area contributed by atoms with Gasteiger partial charge in [0.1, 0.15) is 17.9 Å². The molecule has 1 aromatic heterocycles. The lowest BCUT2D eigenvalue weighted by atomic mass is 10.0. The van der Waals surface area contributed by atoms with Crippen LogP contribution in [-0.4, -0.2) is 47.3 Å². The maximum atomic E-state index is 12.6. The van der Waals surface area contributed by atoms with Crippen molar-refractivity contribution in [2.75, 3.05) is 7.11 Å². The van der Waals surface area contributed by atoms with Crippen molar-refractivity contribution in [1.82, 2.24) is 10.3 Å². The second-order valence-electron chi connectivity index (χ2n) is 7.18. The molecule has 2 N–H and O–H groups in total. The summed E-state index contributed by atoms with van der Waals surface area (Å²) in [6, 6.07) is 9.61. The number of para-hydroxylation sites is 1. The number of hydrogen-bond donors (Lipinski definition) is 2. The molecule has 1 heterocycles. The van der Waals surface area contributed by atoms with Crippen LogP contribution in [0.25, 0.3) is 0 Å². The van der Waals surface area contributed by atoms with Gasteiger partial charge in [-0.25, -0.2) is 9.78 Å². The highest BCUT2D eigenvalue weighted by Gasteiger charge is 2.30. The zero-order valence-corrected chi connectivity index (χ0v) is 18.1. The van der Waals surface area contributed by atoms with Gasteiger partial charge in [0.15, 0.2) is 23.3 Å². The van der Waals surface area contributed by atoms with E-state index in [1.807, 2.05) is 44.2 Å². The summed E-state index contributed by atoms with van der Waals surface area (Å²) >= 11 is 0. The molecule has 0 unspecified atom stereocenters. The minimum atomic E-state index is -1.01. The molecule has 1 aromatic carbocycles. The molecule has 0 saturated heterocycles. The molecule has 8 heteroatoms. The van der Waals surface area contributed by atoms with Crippen molar-refractivity contribution in [2.45, 2.75) is 39.0 Å². The van der Waals surface area contributed by atoms with Crippen LogP contribution in [0.1, 0.15) is 31.3 Å². The maximum absolute atomic E-state index is 12.6. The molecule has 0 aliphatic carbocycles. The van der Waals surface area contributed by atoms with Gasteiger partial charge < -0.3 is 24.6 Å². The van der Waals surface area contributed by atoms with Crippen molar-refractivity contribution >= 4 is 11.9 Å². The number of nitrogens with one attached hydrogen (secondary N) is 1. The molecule has 31 heavy (non-hydrogen) atoms. The number of aromatic hydroxyl groups is 1. The van der Waals surface area contributed by atoms with Crippen molar-refractivity contribution in [3.05, 3.63) is 60.9 Å². The van der Waals surface area contributed by atoms with Crippen LogP contribution < -0.4 is 14.8 Å². The molecule has 0 bridgehead atoms. The van der Waals surface area contributed by atoms with Crippen LogP contribution in [0.15, 0.2) is 55.3 Å². The first-order chi connectivity index (χ1) is 14.8. The number of carbonyl (C=O) groups is 2. The number of amides is 1. The number of aromatic nitrogens is 1. The van der Waals surface area contributed by atoms with E-state index < -0.39 is 35.9 Å². The van der Waals surface area contributed by atoms with Crippen molar-refractivity contribution in [2.24, 2.45) is 5.92 Å². The van der Waals surface area contributed by atoms with E-state index >= 15 is 0 Å². The number of carbonyl (C=O) groups excluding carboxylic acids is 2. The smallest absolute Gasteiger partial charge is 0.329 e. The Labute approximate surface area is 181 Å². The molecule has 3 atom stereocenters. The lowest BCUT2D eigenvalue weighted by molar-refractivity contribution is -0.153. The van der Waals surface area contributed by atoms with E-state index in [2.05, 4.69) is 16.9 Å². The largest absolute Gasteiger partial charge is 0.503 e. The highest BCUT2D eigenvalue weighted by Crippen LogP contribution is 2.27. The van der Waals surface area contributed by atoms with E-state index in [9.17, 15) is 14.7 Å². The van der Waals surface area contributed by atoms with Crippen LogP contribution in [-0.2, 0) is 9.53 Å². The lowest BCUT2D eigenvalue weighted by Gasteiger charge is -2.29. The number of rotatable bonds is 10. The summed E-state index contributed by atoms with van der Waals surface area (Å²) in [5.41, 5.74) is -0.258. The van der Waals surface area contributed by atoms with Gasteiger partial charge in [0, 0.05) is 12.3 Å². The zero-order valence-electron chi connectivity index (χ0n) is 18.1. The number of methoxy groups -OCH3 is 1. The minimum Gasteiger partial charge on any atom is -0.503 e. The molecule has 0 saturated carbocycles. The van der Waals surface area contributed by atoms with Gasteiger partial charge in [-0.15, -0.1) is 0 Å². The van der Waals surface area contributed by atoms with Crippen molar-refractivity contribution in [3.8, 4) is 17.2 Å². The molecule has 0 aliphatic heterocycles. The fourth-order valence-electron chi connectivity index (χ4n) is 2.82. The molecular weight excluding hydrogens is 400 g/mol. The van der Waals surface area contributed by atoms with Crippen LogP contribution in [0.4, 0.5) is 0 Å². The third-order valence-corrected chi connectivity index (χ3v) is 4.50. The van der Waals surface area contributed by atoms with Gasteiger partial charge in [0.25, 0.3) is 5.91 Å². The summed E-state index contributed by atoms with van der Waals surface area (Å²) in [6.07, 6.45) is 1.60. The van der Waals surface area contributed by atoms with E-state index in [-0.39, 0.29) is 17.4 Å². The fourth-order valence-corrected chi connectivity index (χ4v) is 2.82. The Morgan fingerprint density at radius 3 is 2.42 bits per heavy atom. The number of ether oxygens (including phenoxy) is 3. The minimum absolute atomic E-state index is 0.0128. The monoisotopic (exact) mass is 428 g/mol. The van der Waals surface area contributed by atoms with Crippen LogP contribution in [0.5, 0.6) is 17.2 Å². The van der Waals surface area contributed by atoms with Gasteiger partial charge >= 0.3 is 5.97 Å². The normalized spacial score (nSPS) is 13.6. The predicted octanol–water partition coefficient (Wildman–Crippen LogP) is 3.12. The first-order valence-corrected chi connectivity index (χ1v) is 9.86. The Morgan fingerprint density at radius 2 is 1.84 bits per heavy atom. The summed E-state index contributed by atoms with van der Waals surface area (Å²) in [5.74, 6) is -1.08. The third-order valence-electron chi connectivity index (χ3n) is 4.50. The van der Waals surface area contributed by atoms with E-state index in [4.69, 9.17) is 14.2 Å². The summed E-state index contributed by atoms with van der Waals surface area (Å²) < 4.78 is 16.5. The average Bonchev–Trinajstić information content (AvgIpc) is 2.76. The molecule has 0 radical (unpaired) electrons. The Balaban J connectivity index is 2.06. The van der Waals surface area contributed by atoms with Gasteiger partial charge in [-0.2, -0.15) is 0 Å². The van der Waals surface area contributed by atoms with Crippen LogP contribution in [0.2, 0.25) is 0 Å². The Kier molecular flexibility index (Phi) is 8.43. The molecular formula is C23H28N2O6. The van der Waals surface area contributed by atoms with Gasteiger partial charge in [-0.3, -0.25) is 4.79 Å². The van der Waals surface area contributed by atoms with Gasteiger partial charge in [0.2, 0.25) is 0 Å². The zero-order chi connectivity index (χ0) is 23.0. The predicted molar refractivity (Wildman–Crippen MR) is 115 cm³/mol. The van der Waals surface area contributed by atoms with E-state index in [0.29, 0.717) is 5.75 Å². The molecule has 0 fully saturated rings. The van der Waals surface area contributed by atoms with Gasteiger partial charge in [-0.1, -0.05) is 38.6 Å². The van der Waals surface area contributed by atoms with E-state index in [1.54, 1.807) is 0 Å². The van der Waals surface area contributed by atoms with Gasteiger partial charge in [0.05, 0.1) is 7.11 Å². The summed E-state index contributed by atoms with van der Waals surface area (Å²) in [7, 11) is 1.36. The molecule has 1 amide bonds. The number of benzene rings is 1. The Morgan fingerprint density at radius 1 is 1.16 bits per heavy atom. The highest BCUT2D eigenvalue weighted by molar-refractivity contribution is 5.97. The Bertz CT molecular complexity index is 900. The first-order valence-electron chi connectivity index (χ1n) is 9.86. The second-order valence-corrected chi connectivity index (χ2v) is 7.18. The number of hydrogen-bond acceptors (Lipinski definition) is 7. The van der Waals surface area contributed by atoms with E-state index in [0.717, 1.165) is 0 Å². The highest BCUT2D eigenvalue weighted by atomic mass is 16.6. The number of nitrogens with zero attached hydrogens (tertiary/aromatic N) is 1. The Hall–Kier alpha value is -3.55. The standard InChI is InChI=1S/C23H28N2O6/c1-6-17(21(14(2)3)30-16-10-8-7-9-11-16)31-23(28)15(4)25-22(27)19-20(26)18(29-5)12-13-24-19/h6-15,17,21,26H,1H2,2-5H3,(H,25,27)/t15-,17+,21+/m0/s1.